The van der Waals surface area contributed by atoms with Gasteiger partial charge in [0.15, 0.2) is 0 Å². The summed E-state index contributed by atoms with van der Waals surface area (Å²) in [5.74, 6) is -0.664. The molecule has 32 heavy (non-hydrogen) atoms. The first kappa shape index (κ1) is 38.2. The molecule has 0 rings (SSSR count). The van der Waals surface area contributed by atoms with Crippen LogP contribution in [0.5, 0.6) is 0 Å². The first-order chi connectivity index (χ1) is 15.5. The first-order valence-corrected chi connectivity index (χ1v) is 12.3. The molecule has 0 aromatic rings. The van der Waals surface area contributed by atoms with Crippen LogP contribution >= 0.6 is 0 Å². The van der Waals surface area contributed by atoms with Crippen molar-refractivity contribution in [3.05, 3.63) is 12.2 Å². The number of unbranched alkanes of at least 4 members (excludes halogenated alkanes) is 11. The highest BCUT2D eigenvalue weighted by Gasteiger charge is 1.95. The van der Waals surface area contributed by atoms with Gasteiger partial charge in [-0.15, -0.1) is 0 Å². The van der Waals surface area contributed by atoms with Crippen LogP contribution in [-0.2, 0) is 4.79 Å². The number of carboxylic acid groups (broad SMARTS) is 1. The Hall–Kier alpha value is -1.03. The topological polar surface area (TPSA) is 176 Å². The number of aliphatic hydroxyl groups excluding tert-OH is 3. The molecule has 0 radical (unpaired) electrons. The maximum absolute atomic E-state index is 10.3. The van der Waals surface area contributed by atoms with Crippen LogP contribution in [-0.4, -0.2) is 65.9 Å². The van der Waals surface area contributed by atoms with Gasteiger partial charge in [-0.1, -0.05) is 70.4 Å². The van der Waals surface area contributed by atoms with Crippen LogP contribution in [0, 0.1) is 0 Å². The van der Waals surface area contributed by atoms with E-state index < -0.39 is 5.97 Å². The fourth-order valence-electron chi connectivity index (χ4n) is 2.35. The minimum atomic E-state index is -0.664. The summed E-state index contributed by atoms with van der Waals surface area (Å²) in [6.07, 6.45) is 21.2. The summed E-state index contributed by atoms with van der Waals surface area (Å²) in [4.78, 5) is 10.3. The molecule has 0 unspecified atom stereocenters. The third-order valence-electron chi connectivity index (χ3n) is 4.04. The molecule has 10 N–H and O–H groups in total. The van der Waals surface area contributed by atoms with Crippen molar-refractivity contribution in [2.24, 2.45) is 17.2 Å². The minimum Gasteiger partial charge on any atom is -0.481 e. The Balaban J connectivity index is -0.000000267. The lowest BCUT2D eigenvalue weighted by atomic mass is 10.1. The van der Waals surface area contributed by atoms with Gasteiger partial charge in [-0.2, -0.15) is 0 Å². The van der Waals surface area contributed by atoms with Gasteiger partial charge in [0.25, 0.3) is 0 Å². The fourth-order valence-corrected chi connectivity index (χ4v) is 2.35. The van der Waals surface area contributed by atoms with E-state index in [0.29, 0.717) is 26.1 Å². The number of allylic oxidation sites excluding steroid dienone is 2. The van der Waals surface area contributed by atoms with Gasteiger partial charge in [0, 0.05) is 26.1 Å². The molecular weight excluding hydrogens is 410 g/mol. The number of rotatable bonds is 18. The quantitative estimate of drug-likeness (QED) is 0.119. The van der Waals surface area contributed by atoms with Crippen LogP contribution in [0.1, 0.15) is 96.8 Å². The summed E-state index contributed by atoms with van der Waals surface area (Å²) in [6.45, 7) is 3.68. The van der Waals surface area contributed by atoms with Crippen LogP contribution in [0.25, 0.3) is 0 Å². The summed E-state index contributed by atoms with van der Waals surface area (Å²) < 4.78 is 0. The van der Waals surface area contributed by atoms with Crippen molar-refractivity contribution in [1.29, 1.82) is 0 Å². The Morgan fingerprint density at radius 1 is 0.625 bits per heavy atom. The SMILES string of the molecule is CCCCCCCC/C=C\CCCCCCCC(=O)O.NCCO.NCCO.NCCO. The summed E-state index contributed by atoms with van der Waals surface area (Å²) in [5, 5.41) is 31.8. The van der Waals surface area contributed by atoms with Gasteiger partial charge < -0.3 is 37.6 Å². The van der Waals surface area contributed by atoms with Gasteiger partial charge in [-0.3, -0.25) is 4.79 Å². The normalized spacial score (nSPS) is 9.84. The molecule has 0 aliphatic heterocycles. The summed E-state index contributed by atoms with van der Waals surface area (Å²) in [5.41, 5.74) is 14.3. The molecule has 0 spiro atoms. The number of hydrogen-bond acceptors (Lipinski definition) is 7. The molecule has 0 amide bonds. The molecule has 0 saturated heterocycles. The zero-order valence-electron chi connectivity index (χ0n) is 20.7. The van der Waals surface area contributed by atoms with Crippen molar-refractivity contribution in [2.45, 2.75) is 96.8 Å². The molecule has 0 aromatic carbocycles. The van der Waals surface area contributed by atoms with Crippen molar-refractivity contribution in [1.82, 2.24) is 0 Å². The number of carboxylic acids is 1. The Kier molecular flexibility index (Phi) is 52.3. The van der Waals surface area contributed by atoms with Crippen molar-refractivity contribution < 1.29 is 25.2 Å². The molecule has 0 aliphatic carbocycles. The maximum atomic E-state index is 10.3. The van der Waals surface area contributed by atoms with Crippen LogP contribution in [0.3, 0.4) is 0 Å². The lowest BCUT2D eigenvalue weighted by molar-refractivity contribution is -0.137. The second-order valence-electron chi connectivity index (χ2n) is 7.26. The number of nitrogens with two attached hydrogens (primary N) is 3. The highest BCUT2D eigenvalue weighted by Crippen LogP contribution is 2.09. The molecule has 8 heteroatoms. The molecule has 196 valence electrons. The molecule has 0 heterocycles. The number of aliphatic hydroxyl groups is 3. The standard InChI is InChI=1S/C18H34O2.3C2H7NO/c1-2-3-4-5-6-7-8-9-10-11-12-13-14-15-16-17-18(19)20;3*3-1-2-4/h9-10H,2-8,11-17H2,1H3,(H,19,20);3*4H,1-3H2/b10-9-;;;. The fraction of sp³-hybridized carbons (Fsp3) is 0.875. The highest BCUT2D eigenvalue weighted by molar-refractivity contribution is 5.66. The lowest BCUT2D eigenvalue weighted by Gasteiger charge is -1.99. The molecule has 0 bridgehead atoms. The van der Waals surface area contributed by atoms with E-state index in [1.807, 2.05) is 0 Å². The largest absolute Gasteiger partial charge is 0.481 e. The summed E-state index contributed by atoms with van der Waals surface area (Å²) in [6, 6.07) is 0. The zero-order valence-corrected chi connectivity index (χ0v) is 20.7. The predicted octanol–water partition coefficient (Wildman–Crippen LogP) is 2.92. The third kappa shape index (κ3) is 63.0. The van der Waals surface area contributed by atoms with Gasteiger partial charge in [-0.05, 0) is 32.1 Å². The third-order valence-corrected chi connectivity index (χ3v) is 4.04. The smallest absolute Gasteiger partial charge is 0.303 e. The van der Waals surface area contributed by atoms with E-state index >= 15 is 0 Å². The van der Waals surface area contributed by atoms with Gasteiger partial charge in [0.2, 0.25) is 0 Å². The van der Waals surface area contributed by atoms with Crippen LogP contribution in [0.4, 0.5) is 0 Å². The van der Waals surface area contributed by atoms with Gasteiger partial charge in [0.1, 0.15) is 0 Å². The van der Waals surface area contributed by atoms with Crippen molar-refractivity contribution in [3.63, 3.8) is 0 Å². The molecule has 0 fully saturated rings. The summed E-state index contributed by atoms with van der Waals surface area (Å²) in [7, 11) is 0. The molecule has 0 aromatic heterocycles. The van der Waals surface area contributed by atoms with Crippen LogP contribution in [0.15, 0.2) is 12.2 Å². The second-order valence-corrected chi connectivity index (χ2v) is 7.26. The van der Waals surface area contributed by atoms with E-state index in [2.05, 4.69) is 19.1 Å². The van der Waals surface area contributed by atoms with E-state index in [1.54, 1.807) is 0 Å². The average Bonchev–Trinajstić information content (AvgIpc) is 2.81. The Morgan fingerprint density at radius 2 is 0.938 bits per heavy atom. The number of aliphatic carboxylic acids is 1. The Labute approximate surface area is 197 Å². The minimum absolute atomic E-state index is 0.0972. The lowest BCUT2D eigenvalue weighted by Crippen LogP contribution is -2.02. The second kappa shape index (κ2) is 43.8. The first-order valence-electron chi connectivity index (χ1n) is 12.3. The van der Waals surface area contributed by atoms with E-state index in [0.717, 1.165) is 12.8 Å². The van der Waals surface area contributed by atoms with E-state index in [-0.39, 0.29) is 19.8 Å². The highest BCUT2D eigenvalue weighted by atomic mass is 16.4. The monoisotopic (exact) mass is 465 g/mol. The van der Waals surface area contributed by atoms with Gasteiger partial charge in [-0.25, -0.2) is 0 Å². The van der Waals surface area contributed by atoms with Crippen molar-refractivity contribution >= 4 is 5.97 Å². The van der Waals surface area contributed by atoms with E-state index in [4.69, 9.17) is 37.6 Å². The Bertz CT molecular complexity index is 317. The molecule has 0 aliphatic rings. The van der Waals surface area contributed by atoms with Crippen LogP contribution < -0.4 is 17.2 Å². The van der Waals surface area contributed by atoms with E-state index in [1.165, 1.54) is 70.6 Å². The molecular formula is C24H55N3O5. The molecule has 0 saturated carbocycles. The predicted molar refractivity (Wildman–Crippen MR) is 136 cm³/mol. The van der Waals surface area contributed by atoms with Crippen molar-refractivity contribution in [3.8, 4) is 0 Å². The maximum Gasteiger partial charge on any atom is 0.303 e. The average molecular weight is 466 g/mol. The molecule has 0 atom stereocenters. The van der Waals surface area contributed by atoms with E-state index in [9.17, 15) is 4.79 Å². The van der Waals surface area contributed by atoms with Gasteiger partial charge in [0.05, 0.1) is 19.8 Å². The zero-order chi connectivity index (χ0) is 25.1. The molecule has 8 nitrogen and oxygen atoms in total. The Morgan fingerprint density at radius 3 is 1.25 bits per heavy atom. The number of hydrogen-bond donors (Lipinski definition) is 7. The summed E-state index contributed by atoms with van der Waals surface area (Å²) >= 11 is 0. The van der Waals surface area contributed by atoms with Crippen LogP contribution in [0.2, 0.25) is 0 Å². The van der Waals surface area contributed by atoms with Gasteiger partial charge >= 0.3 is 5.97 Å². The van der Waals surface area contributed by atoms with Crippen molar-refractivity contribution in [2.75, 3.05) is 39.5 Å². The number of carbonyl (C=O) groups is 1.